The lowest BCUT2D eigenvalue weighted by molar-refractivity contribution is -0.138. The van der Waals surface area contributed by atoms with E-state index < -0.39 is 38.7 Å². The summed E-state index contributed by atoms with van der Waals surface area (Å²) in [7, 11) is -4.47. The minimum absolute atomic E-state index is 0.0106. The van der Waals surface area contributed by atoms with Crippen LogP contribution in [0.1, 0.15) is 36.5 Å². The third-order valence-electron chi connectivity index (χ3n) is 6.03. The molecule has 1 heterocycles. The van der Waals surface area contributed by atoms with Crippen LogP contribution in [0.2, 0.25) is 5.02 Å². The minimum Gasteiger partial charge on any atom is -0.486 e. The van der Waals surface area contributed by atoms with Gasteiger partial charge in [-0.3, -0.25) is 9.10 Å². The zero-order chi connectivity index (χ0) is 27.7. The van der Waals surface area contributed by atoms with Crippen LogP contribution in [-0.2, 0) is 21.0 Å². The fraction of sp³-hybridized carbons (Fsp3) is 0.222. The Kier molecular flexibility index (Phi) is 7.75. The highest BCUT2D eigenvalue weighted by Crippen LogP contribution is 2.40. The Morgan fingerprint density at radius 2 is 1.87 bits per heavy atom. The number of nitrogens with zero attached hydrogens (tertiary/aromatic N) is 1. The van der Waals surface area contributed by atoms with Gasteiger partial charge in [0.1, 0.15) is 11.9 Å². The molecule has 3 aromatic rings. The normalized spacial score (nSPS) is 16.1. The molecule has 1 aliphatic heterocycles. The second-order valence-corrected chi connectivity index (χ2v) is 11.0. The zero-order valence-corrected chi connectivity index (χ0v) is 21.6. The molecule has 6 nitrogen and oxygen atoms in total. The molecular weight excluding hydrogens is 543 g/mol. The first-order chi connectivity index (χ1) is 17.9. The molecule has 1 N–H and O–H groups in total. The van der Waals surface area contributed by atoms with Crippen LogP contribution in [0.3, 0.4) is 0 Å². The van der Waals surface area contributed by atoms with Crippen LogP contribution in [0, 0.1) is 0 Å². The minimum atomic E-state index is -4.73. The fourth-order valence-electron chi connectivity index (χ4n) is 4.15. The number of benzene rings is 3. The lowest BCUT2D eigenvalue weighted by Crippen LogP contribution is -2.43. The van der Waals surface area contributed by atoms with Crippen molar-refractivity contribution in [2.24, 2.45) is 0 Å². The van der Waals surface area contributed by atoms with Gasteiger partial charge in [0.2, 0.25) is 0 Å². The Balaban J connectivity index is 1.79. The van der Waals surface area contributed by atoms with Crippen LogP contribution in [0.5, 0.6) is 5.75 Å². The maximum Gasteiger partial charge on any atom is 0.416 e. The Bertz CT molecular complexity index is 1500. The molecule has 11 heteroatoms. The fourth-order valence-corrected chi connectivity index (χ4v) is 5.98. The molecule has 0 bridgehead atoms. The Labute approximate surface area is 223 Å². The Morgan fingerprint density at radius 3 is 2.55 bits per heavy atom. The molecule has 4 rings (SSSR count). The molecule has 200 valence electrons. The van der Waals surface area contributed by atoms with Gasteiger partial charge in [-0.2, -0.15) is 13.2 Å². The van der Waals surface area contributed by atoms with Crippen molar-refractivity contribution >= 4 is 44.9 Å². The number of carbonyl (C=O) groups is 1. The van der Waals surface area contributed by atoms with Crippen LogP contribution in [0.4, 0.5) is 18.9 Å². The number of carboxylic acid groups (broad SMARTS) is 1. The average Bonchev–Trinajstić information content (AvgIpc) is 2.86. The number of halogens is 4. The molecule has 3 aromatic carbocycles. The summed E-state index contributed by atoms with van der Waals surface area (Å²) in [5.41, 5.74) is 1.23. The van der Waals surface area contributed by atoms with E-state index in [0.717, 1.165) is 33.6 Å². The second-order valence-electron chi connectivity index (χ2n) is 8.77. The number of hydrogen-bond acceptors (Lipinski definition) is 4. The van der Waals surface area contributed by atoms with E-state index in [1.165, 1.54) is 0 Å². The van der Waals surface area contributed by atoms with Gasteiger partial charge >= 0.3 is 12.1 Å². The molecule has 1 aliphatic rings. The summed E-state index contributed by atoms with van der Waals surface area (Å²) < 4.78 is 74.2. The highest BCUT2D eigenvalue weighted by atomic mass is 35.5. The number of carboxylic acids is 1. The van der Waals surface area contributed by atoms with Crippen molar-refractivity contribution in [2.75, 3.05) is 10.8 Å². The number of anilines is 1. The summed E-state index contributed by atoms with van der Waals surface area (Å²) in [6.07, 6.45) is -4.00. The average molecular weight is 566 g/mol. The Morgan fingerprint density at radius 1 is 1.13 bits per heavy atom. The molecule has 0 spiro atoms. The molecule has 0 radical (unpaired) electrons. The lowest BCUT2D eigenvalue weighted by Gasteiger charge is -2.35. The maximum atomic E-state index is 13.7. The SMILES string of the molecule is C/C(=C\c1ccc2c(c1)N(S(=O)(=O)c1cccc(C(F)(F)F)c1)C[C@H](CCC(=O)O)O2)c1ccccc1Cl. The predicted molar refractivity (Wildman–Crippen MR) is 139 cm³/mol. The lowest BCUT2D eigenvalue weighted by atomic mass is 10.0. The van der Waals surface area contributed by atoms with Gasteiger partial charge in [0.15, 0.2) is 0 Å². The first-order valence-electron chi connectivity index (χ1n) is 11.5. The van der Waals surface area contributed by atoms with Crippen LogP contribution in [-0.4, -0.2) is 32.1 Å². The Hall–Kier alpha value is -3.50. The highest BCUT2D eigenvalue weighted by molar-refractivity contribution is 7.92. The largest absolute Gasteiger partial charge is 0.486 e. The van der Waals surface area contributed by atoms with E-state index >= 15 is 0 Å². The predicted octanol–water partition coefficient (Wildman–Crippen LogP) is 6.74. The van der Waals surface area contributed by atoms with Gasteiger partial charge in [-0.05, 0) is 66.4 Å². The van der Waals surface area contributed by atoms with E-state index in [4.69, 9.17) is 21.4 Å². The van der Waals surface area contributed by atoms with Gasteiger partial charge < -0.3 is 9.84 Å². The second kappa shape index (κ2) is 10.7. The molecular formula is C27H23ClF3NO5S. The van der Waals surface area contributed by atoms with Gasteiger partial charge in [0.25, 0.3) is 10.0 Å². The molecule has 1 atom stereocenters. The highest BCUT2D eigenvalue weighted by Gasteiger charge is 2.37. The summed E-state index contributed by atoms with van der Waals surface area (Å²) in [4.78, 5) is 10.6. The molecule has 0 amide bonds. The van der Waals surface area contributed by atoms with E-state index in [0.29, 0.717) is 16.7 Å². The van der Waals surface area contributed by atoms with Crippen molar-refractivity contribution in [3.05, 3.63) is 88.4 Å². The van der Waals surface area contributed by atoms with Crippen LogP contribution in [0.25, 0.3) is 11.6 Å². The maximum absolute atomic E-state index is 13.7. The van der Waals surface area contributed by atoms with Crippen LogP contribution < -0.4 is 9.04 Å². The van der Waals surface area contributed by atoms with Crippen molar-refractivity contribution in [2.45, 2.75) is 36.9 Å². The molecule has 0 aliphatic carbocycles. The van der Waals surface area contributed by atoms with E-state index in [1.54, 1.807) is 36.4 Å². The number of rotatable bonds is 7. The van der Waals surface area contributed by atoms with Crippen molar-refractivity contribution in [3.63, 3.8) is 0 Å². The number of alkyl halides is 3. The zero-order valence-electron chi connectivity index (χ0n) is 20.1. The molecule has 0 saturated carbocycles. The van der Waals surface area contributed by atoms with Crippen molar-refractivity contribution in [1.29, 1.82) is 0 Å². The number of sulfonamides is 1. The summed E-state index contributed by atoms with van der Waals surface area (Å²) in [6, 6.07) is 15.5. The summed E-state index contributed by atoms with van der Waals surface area (Å²) in [5, 5.41) is 9.61. The van der Waals surface area contributed by atoms with Gasteiger partial charge in [-0.1, -0.05) is 48.0 Å². The third kappa shape index (κ3) is 5.97. The number of hydrogen-bond donors (Lipinski definition) is 1. The van der Waals surface area contributed by atoms with Crippen molar-refractivity contribution < 1.29 is 36.2 Å². The van der Waals surface area contributed by atoms with E-state index in [1.807, 2.05) is 19.1 Å². The summed E-state index contributed by atoms with van der Waals surface area (Å²) in [5.74, 6) is -0.906. The molecule has 0 unspecified atom stereocenters. The van der Waals surface area contributed by atoms with Gasteiger partial charge in [0.05, 0.1) is 22.7 Å². The number of fused-ring (bicyclic) bond motifs is 1. The van der Waals surface area contributed by atoms with Gasteiger partial charge in [0, 0.05) is 11.4 Å². The van der Waals surface area contributed by atoms with Gasteiger partial charge in [-0.15, -0.1) is 0 Å². The molecule has 0 saturated heterocycles. The topological polar surface area (TPSA) is 83.9 Å². The first kappa shape index (κ1) is 27.5. The standard InChI is InChI=1S/C27H23ClF3NO5S/c1-17(22-7-2-3-8-23(22)28)13-18-9-11-25-24(14-18)32(16-20(37-25)10-12-26(33)34)38(35,36)21-6-4-5-19(15-21)27(29,30)31/h2-9,11,13-15,20H,10,12,16H2,1H3,(H,33,34)/b17-13+/t20-/m0/s1. The summed E-state index contributed by atoms with van der Waals surface area (Å²) >= 11 is 6.29. The van der Waals surface area contributed by atoms with E-state index in [-0.39, 0.29) is 30.8 Å². The molecule has 38 heavy (non-hydrogen) atoms. The van der Waals surface area contributed by atoms with Crippen molar-refractivity contribution in [3.8, 4) is 5.75 Å². The smallest absolute Gasteiger partial charge is 0.416 e. The van der Waals surface area contributed by atoms with Crippen LogP contribution in [0.15, 0.2) is 71.6 Å². The first-order valence-corrected chi connectivity index (χ1v) is 13.3. The van der Waals surface area contributed by atoms with E-state index in [9.17, 15) is 26.4 Å². The van der Waals surface area contributed by atoms with E-state index in [2.05, 4.69) is 0 Å². The third-order valence-corrected chi connectivity index (χ3v) is 8.13. The summed E-state index contributed by atoms with van der Waals surface area (Å²) in [6.45, 7) is 1.58. The van der Waals surface area contributed by atoms with Crippen molar-refractivity contribution in [1.82, 2.24) is 0 Å². The van der Waals surface area contributed by atoms with Crippen LogP contribution >= 0.6 is 11.6 Å². The molecule has 0 aromatic heterocycles. The molecule has 0 fully saturated rings. The quantitative estimate of drug-likeness (QED) is 0.321. The number of allylic oxidation sites excluding steroid dienone is 1. The van der Waals surface area contributed by atoms with Gasteiger partial charge in [-0.25, -0.2) is 8.42 Å². The number of aliphatic carboxylic acids is 1. The number of ether oxygens (including phenoxy) is 1. The monoisotopic (exact) mass is 565 g/mol.